The predicted octanol–water partition coefficient (Wildman–Crippen LogP) is 1.06. The Morgan fingerprint density at radius 1 is 1.12 bits per heavy atom. The van der Waals surface area contributed by atoms with Crippen LogP contribution in [0.4, 0.5) is 17.1 Å². The highest BCUT2D eigenvalue weighted by Gasteiger charge is 2.25. The average Bonchev–Trinajstić information content (AvgIpc) is 3.00. The van der Waals surface area contributed by atoms with Crippen LogP contribution in [0, 0.1) is 10.1 Å². The number of hydrogen-bond acceptors (Lipinski definition) is 7. The Hall–Kier alpha value is -2.62. The summed E-state index contributed by atoms with van der Waals surface area (Å²) in [6, 6.07) is 4.26. The van der Waals surface area contributed by atoms with Gasteiger partial charge in [0.2, 0.25) is 0 Å². The summed E-state index contributed by atoms with van der Waals surface area (Å²) in [5.74, 6) is 0. The molecule has 0 spiro atoms. The molecule has 9 nitrogen and oxygen atoms in total. The van der Waals surface area contributed by atoms with Crippen molar-refractivity contribution in [3.63, 3.8) is 0 Å². The molecule has 1 aromatic heterocycles. The lowest BCUT2D eigenvalue weighted by atomic mass is 10.2. The van der Waals surface area contributed by atoms with Crippen LogP contribution in [-0.4, -0.2) is 55.6 Å². The molecule has 1 saturated heterocycles. The van der Waals surface area contributed by atoms with Gasteiger partial charge in [0, 0.05) is 57.4 Å². The van der Waals surface area contributed by atoms with E-state index < -0.39 is 14.8 Å². The zero-order valence-electron chi connectivity index (χ0n) is 14.0. The number of aromatic nitrogens is 2. The first-order valence-electron chi connectivity index (χ1n) is 7.73. The topological polar surface area (TPSA) is 102 Å². The van der Waals surface area contributed by atoms with E-state index in [0.717, 1.165) is 25.0 Å². The van der Waals surface area contributed by atoms with Crippen molar-refractivity contribution in [2.75, 3.05) is 42.2 Å². The Morgan fingerprint density at radius 3 is 2.20 bits per heavy atom. The van der Waals surface area contributed by atoms with Crippen LogP contribution in [0.25, 0.3) is 0 Å². The number of nitro groups is 1. The molecule has 0 N–H and O–H groups in total. The van der Waals surface area contributed by atoms with Crippen molar-refractivity contribution in [3.8, 4) is 0 Å². The second-order valence-electron chi connectivity index (χ2n) is 6.03. The third-order valence-electron chi connectivity index (χ3n) is 4.24. The molecule has 1 aliphatic heterocycles. The van der Waals surface area contributed by atoms with Crippen molar-refractivity contribution in [2.24, 2.45) is 7.05 Å². The van der Waals surface area contributed by atoms with E-state index in [1.807, 2.05) is 24.3 Å². The van der Waals surface area contributed by atoms with Gasteiger partial charge in [0.15, 0.2) is 9.84 Å². The Bertz CT molecular complexity index is 900. The first-order valence-corrected chi connectivity index (χ1v) is 9.62. The summed E-state index contributed by atoms with van der Waals surface area (Å²) in [7, 11) is -1.82. The summed E-state index contributed by atoms with van der Waals surface area (Å²) in [4.78, 5) is 14.4. The maximum atomic E-state index is 11.9. The van der Waals surface area contributed by atoms with E-state index in [1.54, 1.807) is 10.7 Å². The van der Waals surface area contributed by atoms with Gasteiger partial charge in [0.05, 0.1) is 16.8 Å². The van der Waals surface area contributed by atoms with E-state index in [9.17, 15) is 18.5 Å². The molecule has 0 unspecified atom stereocenters. The van der Waals surface area contributed by atoms with E-state index in [1.165, 1.54) is 12.1 Å². The molecule has 1 aromatic carbocycles. The first-order chi connectivity index (χ1) is 11.8. The molecule has 1 fully saturated rings. The second kappa shape index (κ2) is 6.36. The van der Waals surface area contributed by atoms with Gasteiger partial charge >= 0.3 is 0 Å². The number of nitro benzene ring substituents is 1. The van der Waals surface area contributed by atoms with Crippen LogP contribution in [0.3, 0.4) is 0 Å². The smallest absolute Gasteiger partial charge is 0.288 e. The zero-order chi connectivity index (χ0) is 18.2. The Morgan fingerprint density at radius 2 is 1.72 bits per heavy atom. The van der Waals surface area contributed by atoms with Gasteiger partial charge in [-0.25, -0.2) is 8.42 Å². The van der Waals surface area contributed by atoms with Crippen LogP contribution in [0.2, 0.25) is 0 Å². The highest BCUT2D eigenvalue weighted by atomic mass is 32.2. The van der Waals surface area contributed by atoms with Crippen molar-refractivity contribution >= 4 is 26.9 Å². The fourth-order valence-electron chi connectivity index (χ4n) is 2.94. The molecule has 1 aliphatic rings. The molecule has 10 heteroatoms. The quantitative estimate of drug-likeness (QED) is 0.590. The molecule has 134 valence electrons. The van der Waals surface area contributed by atoms with Crippen molar-refractivity contribution < 1.29 is 13.3 Å². The third kappa shape index (κ3) is 3.58. The molecule has 0 radical (unpaired) electrons. The SMILES string of the molecule is Cn1cc(N2CCN(c3ccc([N+](=O)[O-])c(S(C)(=O)=O)c3)CC2)cn1. The lowest BCUT2D eigenvalue weighted by Crippen LogP contribution is -2.46. The average molecular weight is 365 g/mol. The molecule has 3 rings (SSSR count). The monoisotopic (exact) mass is 365 g/mol. The zero-order valence-corrected chi connectivity index (χ0v) is 14.8. The van der Waals surface area contributed by atoms with Gasteiger partial charge in [-0.3, -0.25) is 14.8 Å². The van der Waals surface area contributed by atoms with Crippen LogP contribution in [0.5, 0.6) is 0 Å². The summed E-state index contributed by atoms with van der Waals surface area (Å²) < 4.78 is 25.5. The molecule has 2 heterocycles. The van der Waals surface area contributed by atoms with Crippen LogP contribution in [0.15, 0.2) is 35.5 Å². The normalized spacial score (nSPS) is 15.4. The third-order valence-corrected chi connectivity index (χ3v) is 5.37. The molecule has 2 aromatic rings. The molecule has 0 bridgehead atoms. The number of benzene rings is 1. The maximum absolute atomic E-state index is 11.9. The van der Waals surface area contributed by atoms with E-state index in [0.29, 0.717) is 18.8 Å². The number of sulfone groups is 1. The van der Waals surface area contributed by atoms with Crippen molar-refractivity contribution in [3.05, 3.63) is 40.7 Å². The number of anilines is 2. The van der Waals surface area contributed by atoms with E-state index in [2.05, 4.69) is 10.00 Å². The lowest BCUT2D eigenvalue weighted by molar-refractivity contribution is -0.387. The maximum Gasteiger partial charge on any atom is 0.288 e. The first kappa shape index (κ1) is 17.2. The minimum atomic E-state index is -3.68. The summed E-state index contributed by atoms with van der Waals surface area (Å²) in [5.41, 5.74) is 1.33. The minimum absolute atomic E-state index is 0.246. The fraction of sp³-hybridized carbons (Fsp3) is 0.400. The second-order valence-corrected chi connectivity index (χ2v) is 8.01. The number of piperazine rings is 1. The highest BCUT2D eigenvalue weighted by molar-refractivity contribution is 7.90. The highest BCUT2D eigenvalue weighted by Crippen LogP contribution is 2.29. The summed E-state index contributed by atoms with van der Waals surface area (Å²) in [5, 5.41) is 15.2. The number of rotatable bonds is 4. The van der Waals surface area contributed by atoms with Gasteiger partial charge in [0.25, 0.3) is 5.69 Å². The van der Waals surface area contributed by atoms with E-state index >= 15 is 0 Å². The molecular formula is C15H19N5O4S. The van der Waals surface area contributed by atoms with E-state index in [-0.39, 0.29) is 10.6 Å². The van der Waals surface area contributed by atoms with Gasteiger partial charge in [-0.05, 0) is 12.1 Å². The van der Waals surface area contributed by atoms with Gasteiger partial charge in [0.1, 0.15) is 4.90 Å². The Labute approximate surface area is 145 Å². The predicted molar refractivity (Wildman–Crippen MR) is 93.8 cm³/mol. The van der Waals surface area contributed by atoms with Crippen LogP contribution >= 0.6 is 0 Å². The summed E-state index contributed by atoms with van der Waals surface area (Å²) >= 11 is 0. The van der Waals surface area contributed by atoms with Gasteiger partial charge < -0.3 is 9.80 Å². The number of nitrogens with zero attached hydrogens (tertiary/aromatic N) is 5. The largest absolute Gasteiger partial charge is 0.368 e. The Kier molecular flexibility index (Phi) is 4.38. The molecule has 25 heavy (non-hydrogen) atoms. The van der Waals surface area contributed by atoms with Crippen LogP contribution in [0.1, 0.15) is 0 Å². The fourth-order valence-corrected chi connectivity index (χ4v) is 3.80. The number of aryl methyl sites for hydroxylation is 1. The standard InChI is InChI=1S/C15H19N5O4S/c1-17-11-13(10-16-17)19-7-5-18(6-8-19)12-3-4-14(20(21)22)15(9-12)25(2,23)24/h3-4,9-11H,5-8H2,1-2H3. The molecule has 0 amide bonds. The van der Waals surface area contributed by atoms with Crippen molar-refractivity contribution in [2.45, 2.75) is 4.90 Å². The molecule has 0 aliphatic carbocycles. The molecule has 0 atom stereocenters. The molecular weight excluding hydrogens is 346 g/mol. The Balaban J connectivity index is 1.80. The van der Waals surface area contributed by atoms with Gasteiger partial charge in [-0.1, -0.05) is 0 Å². The minimum Gasteiger partial charge on any atom is -0.368 e. The molecule has 0 saturated carbocycles. The van der Waals surface area contributed by atoms with E-state index in [4.69, 9.17) is 0 Å². The van der Waals surface area contributed by atoms with Crippen molar-refractivity contribution in [1.29, 1.82) is 0 Å². The van der Waals surface area contributed by atoms with Gasteiger partial charge in [-0.2, -0.15) is 5.10 Å². The van der Waals surface area contributed by atoms with Crippen molar-refractivity contribution in [1.82, 2.24) is 9.78 Å². The number of hydrogen-bond donors (Lipinski definition) is 0. The van der Waals surface area contributed by atoms with Crippen LogP contribution in [-0.2, 0) is 16.9 Å². The lowest BCUT2D eigenvalue weighted by Gasteiger charge is -2.36. The van der Waals surface area contributed by atoms with Crippen LogP contribution < -0.4 is 9.80 Å². The van der Waals surface area contributed by atoms with Gasteiger partial charge in [-0.15, -0.1) is 0 Å². The summed E-state index contributed by atoms with van der Waals surface area (Å²) in [6.07, 6.45) is 4.74. The summed E-state index contributed by atoms with van der Waals surface area (Å²) in [6.45, 7) is 2.90.